The van der Waals surface area contributed by atoms with Crippen LogP contribution < -0.4 is 0 Å². The summed E-state index contributed by atoms with van der Waals surface area (Å²) in [5.41, 5.74) is 0.360. The maximum absolute atomic E-state index is 8.38. The molecule has 0 aliphatic heterocycles. The molecule has 0 saturated heterocycles. The highest BCUT2D eigenvalue weighted by atomic mass is 14.3. The smallest absolute Gasteiger partial charge is 0.125 e. The predicted octanol–water partition coefficient (Wildman–Crippen LogP) is 2.40. The van der Waals surface area contributed by atoms with E-state index in [4.69, 9.17) is 10.5 Å². The summed E-state index contributed by atoms with van der Waals surface area (Å²) in [6.45, 7) is 6.20. The number of hydrogen-bond donors (Lipinski definition) is 0. The van der Waals surface area contributed by atoms with Gasteiger partial charge in [0.25, 0.3) is 0 Å². The fourth-order valence-electron chi connectivity index (χ4n) is 0.525. The molecule has 0 aromatic heterocycles. The molecule has 0 radical (unpaired) electrons. The van der Waals surface area contributed by atoms with Gasteiger partial charge < -0.3 is 0 Å². The lowest BCUT2D eigenvalue weighted by atomic mass is 9.91. The van der Waals surface area contributed by atoms with Gasteiger partial charge in [-0.1, -0.05) is 26.8 Å². The summed E-state index contributed by atoms with van der Waals surface area (Å²) in [4.78, 5) is 0. The first-order valence-corrected chi connectivity index (χ1v) is 3.50. The Balaban J connectivity index is 4.17. The molecule has 0 rings (SSSR count). The molecule has 0 atom stereocenters. The van der Waals surface area contributed by atoms with E-state index in [0.29, 0.717) is 0 Å². The van der Waals surface area contributed by atoms with Crippen molar-refractivity contribution in [3.63, 3.8) is 0 Å². The van der Waals surface area contributed by atoms with E-state index in [1.54, 1.807) is 6.08 Å². The first-order valence-electron chi connectivity index (χ1n) is 3.50. The monoisotopic (exact) mass is 148 g/mol. The maximum atomic E-state index is 8.38. The van der Waals surface area contributed by atoms with E-state index in [1.807, 2.05) is 12.1 Å². The topological polar surface area (TPSA) is 47.6 Å². The van der Waals surface area contributed by atoms with Gasteiger partial charge in [-0.3, -0.25) is 0 Å². The summed E-state index contributed by atoms with van der Waals surface area (Å²) >= 11 is 0. The molecule has 0 amide bonds. The zero-order valence-corrected chi connectivity index (χ0v) is 7.18. The van der Waals surface area contributed by atoms with Crippen molar-refractivity contribution in [2.24, 2.45) is 5.41 Å². The summed E-state index contributed by atoms with van der Waals surface area (Å²) in [7, 11) is 0. The summed E-state index contributed by atoms with van der Waals surface area (Å²) in [6.07, 6.45) is 2.45. The van der Waals surface area contributed by atoms with Crippen LogP contribution in [0.1, 0.15) is 27.2 Å². The lowest BCUT2D eigenvalue weighted by Gasteiger charge is -2.14. The number of rotatable bonds is 1. The van der Waals surface area contributed by atoms with Gasteiger partial charge >= 0.3 is 0 Å². The van der Waals surface area contributed by atoms with Crippen LogP contribution in [0.2, 0.25) is 0 Å². The van der Waals surface area contributed by atoms with Crippen molar-refractivity contribution in [3.8, 4) is 12.1 Å². The van der Waals surface area contributed by atoms with E-state index in [0.717, 1.165) is 6.42 Å². The van der Waals surface area contributed by atoms with E-state index >= 15 is 0 Å². The molecule has 0 saturated carbocycles. The van der Waals surface area contributed by atoms with Crippen molar-refractivity contribution in [3.05, 3.63) is 11.6 Å². The van der Waals surface area contributed by atoms with E-state index < -0.39 is 0 Å². The number of nitrogens with zero attached hydrogens (tertiary/aromatic N) is 2. The SMILES string of the molecule is CC(C)(C)CC=C(C#N)C#N. The minimum atomic E-state index is 0.152. The molecule has 0 spiro atoms. The fourth-order valence-corrected chi connectivity index (χ4v) is 0.525. The largest absolute Gasteiger partial charge is 0.192 e. The summed E-state index contributed by atoms with van der Waals surface area (Å²) in [6, 6.07) is 3.65. The molecular formula is C9H12N2. The van der Waals surface area contributed by atoms with Crippen LogP contribution in [-0.4, -0.2) is 0 Å². The zero-order valence-electron chi connectivity index (χ0n) is 7.18. The lowest BCUT2D eigenvalue weighted by Crippen LogP contribution is -2.02. The summed E-state index contributed by atoms with van der Waals surface area (Å²) in [5, 5.41) is 16.8. The predicted molar refractivity (Wildman–Crippen MR) is 43.4 cm³/mol. The minimum absolute atomic E-state index is 0.152. The molecule has 0 fully saturated rings. The zero-order chi connectivity index (χ0) is 8.91. The van der Waals surface area contributed by atoms with Crippen LogP contribution in [0.3, 0.4) is 0 Å². The van der Waals surface area contributed by atoms with Gasteiger partial charge in [-0.05, 0) is 11.8 Å². The van der Waals surface area contributed by atoms with Gasteiger partial charge in [-0.2, -0.15) is 10.5 Å². The normalized spacial score (nSPS) is 9.55. The molecule has 0 unspecified atom stereocenters. The van der Waals surface area contributed by atoms with Gasteiger partial charge in [-0.25, -0.2) is 0 Å². The Morgan fingerprint density at radius 2 is 1.73 bits per heavy atom. The van der Waals surface area contributed by atoms with Gasteiger partial charge in [0.05, 0.1) is 0 Å². The highest BCUT2D eigenvalue weighted by Crippen LogP contribution is 2.19. The Hall–Kier alpha value is -1.28. The quantitative estimate of drug-likeness (QED) is 0.536. The Bertz CT molecular complexity index is 214. The van der Waals surface area contributed by atoms with Crippen LogP contribution in [0.5, 0.6) is 0 Å². The Morgan fingerprint density at radius 1 is 1.27 bits per heavy atom. The molecule has 11 heavy (non-hydrogen) atoms. The molecule has 58 valence electrons. The highest BCUT2D eigenvalue weighted by molar-refractivity contribution is 5.34. The van der Waals surface area contributed by atoms with Crippen LogP contribution in [0.4, 0.5) is 0 Å². The third-order valence-electron chi connectivity index (χ3n) is 1.16. The van der Waals surface area contributed by atoms with E-state index in [9.17, 15) is 0 Å². The van der Waals surface area contributed by atoms with Gasteiger partial charge in [0, 0.05) is 0 Å². The standard InChI is InChI=1S/C9H12N2/c1-9(2,3)5-4-8(6-10)7-11/h4H,5H2,1-3H3. The molecule has 0 aliphatic carbocycles. The molecular weight excluding hydrogens is 136 g/mol. The minimum Gasteiger partial charge on any atom is -0.192 e. The van der Waals surface area contributed by atoms with Crippen molar-refractivity contribution in [2.45, 2.75) is 27.2 Å². The fraction of sp³-hybridized carbons (Fsp3) is 0.556. The van der Waals surface area contributed by atoms with E-state index in [2.05, 4.69) is 20.8 Å². The second-order valence-electron chi connectivity index (χ2n) is 3.61. The van der Waals surface area contributed by atoms with Crippen LogP contribution in [0.15, 0.2) is 11.6 Å². The molecule has 0 bridgehead atoms. The van der Waals surface area contributed by atoms with Crippen LogP contribution in [-0.2, 0) is 0 Å². The Morgan fingerprint density at radius 3 is 2.00 bits per heavy atom. The number of hydrogen-bond acceptors (Lipinski definition) is 2. The Kier molecular flexibility index (Phi) is 3.34. The summed E-state index contributed by atoms with van der Waals surface area (Å²) < 4.78 is 0. The van der Waals surface area contributed by atoms with Crippen molar-refractivity contribution in [2.75, 3.05) is 0 Å². The van der Waals surface area contributed by atoms with Gasteiger partial charge in [0.2, 0.25) is 0 Å². The van der Waals surface area contributed by atoms with Gasteiger partial charge in [0.1, 0.15) is 17.7 Å². The molecule has 0 aromatic carbocycles. The second kappa shape index (κ2) is 3.78. The third-order valence-corrected chi connectivity index (χ3v) is 1.16. The maximum Gasteiger partial charge on any atom is 0.125 e. The molecule has 0 aromatic rings. The first kappa shape index (κ1) is 9.72. The van der Waals surface area contributed by atoms with Crippen LogP contribution >= 0.6 is 0 Å². The third kappa shape index (κ3) is 5.18. The average molecular weight is 148 g/mol. The lowest BCUT2D eigenvalue weighted by molar-refractivity contribution is 0.420. The average Bonchev–Trinajstić information content (AvgIpc) is 1.88. The van der Waals surface area contributed by atoms with Gasteiger partial charge in [0.15, 0.2) is 0 Å². The molecule has 0 aliphatic rings. The van der Waals surface area contributed by atoms with Crippen LogP contribution in [0, 0.1) is 28.1 Å². The van der Waals surface area contributed by atoms with E-state index in [-0.39, 0.29) is 11.0 Å². The Labute approximate surface area is 67.8 Å². The van der Waals surface area contributed by atoms with Crippen molar-refractivity contribution in [1.29, 1.82) is 10.5 Å². The molecule has 2 nitrogen and oxygen atoms in total. The highest BCUT2D eigenvalue weighted by Gasteiger charge is 2.07. The van der Waals surface area contributed by atoms with Crippen molar-refractivity contribution < 1.29 is 0 Å². The first-order chi connectivity index (χ1) is 4.99. The van der Waals surface area contributed by atoms with Gasteiger partial charge in [-0.15, -0.1) is 0 Å². The van der Waals surface area contributed by atoms with Crippen molar-refractivity contribution in [1.82, 2.24) is 0 Å². The number of nitriles is 2. The van der Waals surface area contributed by atoms with Crippen molar-refractivity contribution >= 4 is 0 Å². The summed E-state index contributed by atoms with van der Waals surface area (Å²) in [5.74, 6) is 0. The molecule has 2 heteroatoms. The van der Waals surface area contributed by atoms with Crippen LogP contribution in [0.25, 0.3) is 0 Å². The number of allylic oxidation sites excluding steroid dienone is 2. The second-order valence-corrected chi connectivity index (χ2v) is 3.61. The van der Waals surface area contributed by atoms with E-state index in [1.165, 1.54) is 0 Å². The molecule has 0 heterocycles. The molecule has 0 N–H and O–H groups in total.